The van der Waals surface area contributed by atoms with E-state index in [0.717, 1.165) is 5.56 Å². The van der Waals surface area contributed by atoms with Crippen LogP contribution in [-0.4, -0.2) is 16.6 Å². The lowest BCUT2D eigenvalue weighted by atomic mass is 10.1. The van der Waals surface area contributed by atoms with E-state index in [-0.39, 0.29) is 11.4 Å². The third-order valence-corrected chi connectivity index (χ3v) is 2.22. The Hall–Kier alpha value is -1.88. The van der Waals surface area contributed by atoms with Crippen LogP contribution in [0.5, 0.6) is 0 Å². The zero-order chi connectivity index (χ0) is 14.3. The van der Waals surface area contributed by atoms with E-state index in [9.17, 15) is 4.79 Å². The molecule has 0 unspecified atom stereocenters. The number of hydrogen-bond donors (Lipinski definition) is 3. The lowest BCUT2D eigenvalue weighted by Gasteiger charge is -2.22. The largest absolute Gasteiger partial charge is 0.357 e. The summed E-state index contributed by atoms with van der Waals surface area (Å²) >= 11 is 5.04. The van der Waals surface area contributed by atoms with Crippen molar-refractivity contribution in [1.82, 2.24) is 16.2 Å². The van der Waals surface area contributed by atoms with Gasteiger partial charge in [0.25, 0.3) is 5.91 Å². The van der Waals surface area contributed by atoms with Crippen LogP contribution in [0.25, 0.3) is 6.08 Å². The molecule has 0 aliphatic heterocycles. The van der Waals surface area contributed by atoms with Crippen molar-refractivity contribution in [2.75, 3.05) is 0 Å². The van der Waals surface area contributed by atoms with Crippen LogP contribution in [0.15, 0.2) is 36.4 Å². The number of nitrogens with one attached hydrogen (secondary N) is 3. The van der Waals surface area contributed by atoms with E-state index in [1.807, 2.05) is 51.1 Å². The molecule has 0 heterocycles. The molecule has 0 spiro atoms. The molecule has 1 rings (SSSR count). The smallest absolute Gasteiger partial charge is 0.262 e. The number of hydrogen-bond acceptors (Lipinski definition) is 2. The number of carbonyl (C=O) groups is 1. The normalized spacial score (nSPS) is 11.1. The van der Waals surface area contributed by atoms with E-state index in [4.69, 9.17) is 12.2 Å². The predicted octanol–water partition coefficient (Wildman–Crippen LogP) is 1.99. The second-order valence-corrected chi connectivity index (χ2v) is 5.47. The fourth-order valence-electron chi connectivity index (χ4n) is 1.27. The molecule has 4 nitrogen and oxygen atoms in total. The average Bonchev–Trinajstić information content (AvgIpc) is 2.33. The molecule has 19 heavy (non-hydrogen) atoms. The molecule has 0 aliphatic carbocycles. The first-order chi connectivity index (χ1) is 8.87. The molecule has 0 aliphatic rings. The Balaban J connectivity index is 2.36. The van der Waals surface area contributed by atoms with Crippen LogP contribution in [0.2, 0.25) is 0 Å². The monoisotopic (exact) mass is 277 g/mol. The number of hydrazine groups is 1. The molecule has 0 saturated carbocycles. The molecular weight excluding hydrogens is 258 g/mol. The fourth-order valence-corrected chi connectivity index (χ4v) is 1.63. The van der Waals surface area contributed by atoms with Gasteiger partial charge >= 0.3 is 0 Å². The first-order valence-electron chi connectivity index (χ1n) is 5.98. The van der Waals surface area contributed by atoms with Gasteiger partial charge in [-0.25, -0.2) is 0 Å². The first kappa shape index (κ1) is 15.2. The molecule has 0 radical (unpaired) electrons. The van der Waals surface area contributed by atoms with Crippen LogP contribution in [-0.2, 0) is 4.79 Å². The molecule has 0 atom stereocenters. The molecule has 1 aromatic rings. The summed E-state index contributed by atoms with van der Waals surface area (Å²) in [5.74, 6) is -0.262. The van der Waals surface area contributed by atoms with Crippen molar-refractivity contribution < 1.29 is 4.79 Å². The Bertz CT molecular complexity index is 463. The molecule has 3 N–H and O–H groups in total. The molecule has 1 amide bonds. The van der Waals surface area contributed by atoms with Gasteiger partial charge < -0.3 is 5.32 Å². The minimum absolute atomic E-state index is 0.144. The zero-order valence-corrected chi connectivity index (χ0v) is 12.2. The molecule has 102 valence electrons. The highest BCUT2D eigenvalue weighted by atomic mass is 32.1. The van der Waals surface area contributed by atoms with Gasteiger partial charge in [0, 0.05) is 11.6 Å². The topological polar surface area (TPSA) is 53.2 Å². The summed E-state index contributed by atoms with van der Waals surface area (Å²) in [7, 11) is 0. The summed E-state index contributed by atoms with van der Waals surface area (Å²) in [6.45, 7) is 5.95. The fraction of sp³-hybridized carbons (Fsp3) is 0.286. The van der Waals surface area contributed by atoms with Crippen LogP contribution >= 0.6 is 12.2 Å². The maximum atomic E-state index is 11.5. The minimum Gasteiger partial charge on any atom is -0.357 e. The van der Waals surface area contributed by atoms with Crippen molar-refractivity contribution >= 4 is 29.3 Å². The Morgan fingerprint density at radius 1 is 1.16 bits per heavy atom. The van der Waals surface area contributed by atoms with E-state index < -0.39 is 0 Å². The van der Waals surface area contributed by atoms with Gasteiger partial charge in [-0.1, -0.05) is 30.3 Å². The summed E-state index contributed by atoms with van der Waals surface area (Å²) in [4.78, 5) is 11.5. The Kier molecular flexibility index (Phi) is 5.51. The van der Waals surface area contributed by atoms with Crippen molar-refractivity contribution in [3.63, 3.8) is 0 Å². The van der Waals surface area contributed by atoms with E-state index in [2.05, 4.69) is 16.2 Å². The summed E-state index contributed by atoms with van der Waals surface area (Å²) in [6, 6.07) is 9.60. The molecular formula is C14H19N3OS. The van der Waals surface area contributed by atoms with E-state index in [1.54, 1.807) is 6.08 Å². The molecule has 5 heteroatoms. The van der Waals surface area contributed by atoms with Crippen LogP contribution in [0.3, 0.4) is 0 Å². The van der Waals surface area contributed by atoms with Crippen LogP contribution in [0, 0.1) is 0 Å². The molecule has 0 aromatic heterocycles. The summed E-state index contributed by atoms with van der Waals surface area (Å²) in [5.41, 5.74) is 5.96. The lowest BCUT2D eigenvalue weighted by molar-refractivity contribution is -0.117. The summed E-state index contributed by atoms with van der Waals surface area (Å²) in [6.07, 6.45) is 3.18. The standard InChI is InChI=1S/C14H19N3OS/c1-14(2,3)15-13(19)17-16-12(18)10-9-11-7-5-4-6-8-11/h4-10H,1-3H3,(H,16,18)(H2,15,17,19)/b10-9+. The van der Waals surface area contributed by atoms with Crippen LogP contribution < -0.4 is 16.2 Å². The van der Waals surface area contributed by atoms with Gasteiger partial charge in [0.05, 0.1) is 0 Å². The summed E-state index contributed by atoms with van der Waals surface area (Å²) < 4.78 is 0. The number of amides is 1. The Labute approximate surface area is 119 Å². The van der Waals surface area contributed by atoms with Gasteiger partial charge in [0.15, 0.2) is 5.11 Å². The molecule has 1 aromatic carbocycles. The van der Waals surface area contributed by atoms with Crippen molar-refractivity contribution in [2.24, 2.45) is 0 Å². The van der Waals surface area contributed by atoms with Crippen molar-refractivity contribution in [2.45, 2.75) is 26.3 Å². The average molecular weight is 277 g/mol. The van der Waals surface area contributed by atoms with E-state index in [0.29, 0.717) is 5.11 Å². The first-order valence-corrected chi connectivity index (χ1v) is 6.39. The third kappa shape index (κ3) is 7.21. The molecule has 0 bridgehead atoms. The van der Waals surface area contributed by atoms with Crippen molar-refractivity contribution in [3.8, 4) is 0 Å². The van der Waals surface area contributed by atoms with Gasteiger partial charge in [0.2, 0.25) is 0 Å². The highest BCUT2D eigenvalue weighted by Gasteiger charge is 2.10. The zero-order valence-electron chi connectivity index (χ0n) is 11.4. The van der Waals surface area contributed by atoms with Gasteiger partial charge in [-0.3, -0.25) is 15.6 Å². The van der Waals surface area contributed by atoms with Crippen LogP contribution in [0.4, 0.5) is 0 Å². The quantitative estimate of drug-likeness (QED) is 0.440. The summed E-state index contributed by atoms with van der Waals surface area (Å²) in [5, 5.41) is 3.41. The number of rotatable bonds is 2. The maximum Gasteiger partial charge on any atom is 0.262 e. The number of benzene rings is 1. The van der Waals surface area contributed by atoms with Gasteiger partial charge in [0.1, 0.15) is 0 Å². The van der Waals surface area contributed by atoms with Crippen LogP contribution in [0.1, 0.15) is 26.3 Å². The number of thiocarbonyl (C=S) groups is 1. The van der Waals surface area contributed by atoms with Crippen molar-refractivity contribution in [3.05, 3.63) is 42.0 Å². The van der Waals surface area contributed by atoms with E-state index in [1.165, 1.54) is 6.08 Å². The second-order valence-electron chi connectivity index (χ2n) is 5.06. The SMILES string of the molecule is CC(C)(C)NC(=S)NNC(=O)/C=C/c1ccccc1. The van der Waals surface area contributed by atoms with Gasteiger partial charge in [-0.2, -0.15) is 0 Å². The van der Waals surface area contributed by atoms with Gasteiger partial charge in [-0.15, -0.1) is 0 Å². The maximum absolute atomic E-state index is 11.5. The lowest BCUT2D eigenvalue weighted by Crippen LogP contribution is -2.51. The van der Waals surface area contributed by atoms with E-state index >= 15 is 0 Å². The minimum atomic E-state index is -0.262. The van der Waals surface area contributed by atoms with Crippen molar-refractivity contribution in [1.29, 1.82) is 0 Å². The second kappa shape index (κ2) is 6.89. The highest BCUT2D eigenvalue weighted by molar-refractivity contribution is 7.80. The molecule has 0 fully saturated rings. The third-order valence-electron chi connectivity index (χ3n) is 2.01. The number of carbonyl (C=O) groups excluding carboxylic acids is 1. The van der Waals surface area contributed by atoms with Gasteiger partial charge in [-0.05, 0) is 44.6 Å². The Morgan fingerprint density at radius 2 is 1.79 bits per heavy atom. The Morgan fingerprint density at radius 3 is 2.37 bits per heavy atom. The highest BCUT2D eigenvalue weighted by Crippen LogP contribution is 2.00. The predicted molar refractivity (Wildman–Crippen MR) is 82.2 cm³/mol. The molecule has 0 saturated heterocycles.